The Morgan fingerprint density at radius 2 is 0.840 bits per heavy atom. The van der Waals surface area contributed by atoms with Crippen LogP contribution in [0.15, 0.2) is 12.1 Å². The summed E-state index contributed by atoms with van der Waals surface area (Å²) in [5, 5.41) is 0. The van der Waals surface area contributed by atoms with Crippen LogP contribution in [0.1, 0.15) is 121 Å². The number of benzene rings is 1. The molecule has 0 unspecified atom stereocenters. The first-order chi connectivity index (χ1) is 12.3. The molecule has 0 heteroatoms. The predicted molar refractivity (Wildman–Crippen MR) is 115 cm³/mol. The average Bonchev–Trinajstić information content (AvgIpc) is 2.63. The van der Waals surface area contributed by atoms with Gasteiger partial charge in [-0.25, -0.2) is 0 Å². The normalized spacial score (nSPS) is 11.2. The fraction of sp³-hybridized carbons (Fsp3) is 0.760. The Morgan fingerprint density at radius 3 is 1.32 bits per heavy atom. The lowest BCUT2D eigenvalue weighted by Gasteiger charge is -2.19. The van der Waals surface area contributed by atoms with E-state index in [0.29, 0.717) is 0 Å². The van der Waals surface area contributed by atoms with E-state index in [1.807, 2.05) is 0 Å². The molecule has 0 saturated heterocycles. The summed E-state index contributed by atoms with van der Waals surface area (Å²) in [6, 6.07) is 4.97. The molecule has 1 rings (SSSR count). The van der Waals surface area contributed by atoms with Crippen molar-refractivity contribution in [2.45, 2.75) is 124 Å². The average molecular weight is 345 g/mol. The van der Waals surface area contributed by atoms with E-state index in [1.165, 1.54) is 96.3 Å². The Balaban J connectivity index is 2.95. The van der Waals surface area contributed by atoms with Crippen LogP contribution < -0.4 is 0 Å². The number of rotatable bonds is 15. The van der Waals surface area contributed by atoms with E-state index < -0.39 is 0 Å². The Kier molecular flexibility index (Phi) is 12.8. The number of hydrogen-bond acceptors (Lipinski definition) is 0. The minimum absolute atomic E-state index is 1.28. The molecule has 0 atom stereocenters. The van der Waals surface area contributed by atoms with Gasteiger partial charge in [0.2, 0.25) is 0 Å². The van der Waals surface area contributed by atoms with Crippen LogP contribution >= 0.6 is 0 Å². The molecular formula is C25H44. The van der Waals surface area contributed by atoms with E-state index in [9.17, 15) is 0 Å². The Labute approximate surface area is 158 Å². The molecule has 0 aromatic heterocycles. The van der Waals surface area contributed by atoms with Crippen LogP contribution in [0.3, 0.4) is 0 Å². The second-order valence-corrected chi connectivity index (χ2v) is 7.82. The molecule has 0 nitrogen and oxygen atoms in total. The molecule has 0 aliphatic rings. The van der Waals surface area contributed by atoms with E-state index in [2.05, 4.69) is 39.8 Å². The van der Waals surface area contributed by atoms with Gasteiger partial charge in [-0.1, -0.05) is 84.8 Å². The van der Waals surface area contributed by atoms with Crippen LogP contribution in [0.4, 0.5) is 0 Å². The highest BCUT2D eigenvalue weighted by atomic mass is 14.2. The van der Waals surface area contributed by atoms with Gasteiger partial charge in [-0.05, 0) is 73.6 Å². The summed E-state index contributed by atoms with van der Waals surface area (Å²) in [5.41, 5.74) is 6.83. The summed E-state index contributed by atoms with van der Waals surface area (Å²) in [7, 11) is 0. The topological polar surface area (TPSA) is 0 Å². The second kappa shape index (κ2) is 14.4. The zero-order valence-corrected chi connectivity index (χ0v) is 17.8. The summed E-state index contributed by atoms with van der Waals surface area (Å²) < 4.78 is 0. The van der Waals surface area contributed by atoms with Crippen molar-refractivity contribution >= 4 is 0 Å². The third kappa shape index (κ3) is 8.43. The highest BCUT2D eigenvalue weighted by molar-refractivity contribution is 5.42. The van der Waals surface area contributed by atoms with Crippen LogP contribution in [0.5, 0.6) is 0 Å². The maximum absolute atomic E-state index is 2.49. The zero-order chi connectivity index (χ0) is 18.3. The van der Waals surface area contributed by atoms with Crippen molar-refractivity contribution in [3.8, 4) is 0 Å². The molecule has 0 spiro atoms. The lowest BCUT2D eigenvalue weighted by atomic mass is 9.86. The van der Waals surface area contributed by atoms with Crippen molar-refractivity contribution < 1.29 is 0 Å². The van der Waals surface area contributed by atoms with Gasteiger partial charge in [-0.2, -0.15) is 0 Å². The van der Waals surface area contributed by atoms with Crippen molar-refractivity contribution in [1.29, 1.82) is 0 Å². The SMILES string of the molecule is CCCCCCCc1ccc(CCCC)c(CCCC)c1CCCC. The zero-order valence-electron chi connectivity index (χ0n) is 17.8. The first-order valence-electron chi connectivity index (χ1n) is 11.4. The van der Waals surface area contributed by atoms with E-state index in [1.54, 1.807) is 22.3 Å². The van der Waals surface area contributed by atoms with Gasteiger partial charge in [-0.3, -0.25) is 0 Å². The summed E-state index contributed by atoms with van der Waals surface area (Å²) >= 11 is 0. The number of hydrogen-bond donors (Lipinski definition) is 0. The van der Waals surface area contributed by atoms with Crippen LogP contribution in [0, 0.1) is 0 Å². The number of unbranched alkanes of at least 4 members (excludes halogenated alkanes) is 7. The molecular weight excluding hydrogens is 300 g/mol. The molecule has 0 bridgehead atoms. The summed E-state index contributed by atoms with van der Waals surface area (Å²) in [6.07, 6.45) is 20.1. The van der Waals surface area contributed by atoms with Crippen molar-refractivity contribution in [2.24, 2.45) is 0 Å². The Hall–Kier alpha value is -0.780. The quantitative estimate of drug-likeness (QED) is 0.281. The van der Waals surface area contributed by atoms with Gasteiger partial charge in [0.25, 0.3) is 0 Å². The van der Waals surface area contributed by atoms with Gasteiger partial charge in [0, 0.05) is 0 Å². The van der Waals surface area contributed by atoms with E-state index in [4.69, 9.17) is 0 Å². The minimum Gasteiger partial charge on any atom is -0.0654 e. The lowest BCUT2D eigenvalue weighted by molar-refractivity contribution is 0.628. The molecule has 0 fully saturated rings. The fourth-order valence-corrected chi connectivity index (χ4v) is 3.87. The van der Waals surface area contributed by atoms with E-state index in [0.717, 1.165) is 0 Å². The standard InChI is InChI=1S/C25H44/c1-5-9-13-14-15-17-23-21-20-22(16-10-6-2)24(18-11-7-3)25(23)19-12-8-4/h20-21H,5-19H2,1-4H3. The molecule has 0 aliphatic heterocycles. The third-order valence-electron chi connectivity index (χ3n) is 5.54. The van der Waals surface area contributed by atoms with Gasteiger partial charge in [0.05, 0.1) is 0 Å². The van der Waals surface area contributed by atoms with Crippen molar-refractivity contribution in [1.82, 2.24) is 0 Å². The smallest absolute Gasteiger partial charge is 0.0273 e. The molecule has 0 heterocycles. The predicted octanol–water partition coefficient (Wildman–Crippen LogP) is 8.23. The maximum Gasteiger partial charge on any atom is -0.0273 e. The molecule has 0 amide bonds. The van der Waals surface area contributed by atoms with Crippen LogP contribution in [-0.2, 0) is 25.7 Å². The maximum atomic E-state index is 2.49. The largest absolute Gasteiger partial charge is 0.0654 e. The van der Waals surface area contributed by atoms with Gasteiger partial charge in [0.15, 0.2) is 0 Å². The summed E-state index contributed by atoms with van der Waals surface area (Å²) in [4.78, 5) is 0. The van der Waals surface area contributed by atoms with Crippen molar-refractivity contribution in [3.05, 3.63) is 34.4 Å². The summed E-state index contributed by atoms with van der Waals surface area (Å²) in [5.74, 6) is 0. The van der Waals surface area contributed by atoms with E-state index >= 15 is 0 Å². The lowest BCUT2D eigenvalue weighted by Crippen LogP contribution is -2.06. The molecule has 25 heavy (non-hydrogen) atoms. The minimum atomic E-state index is 1.28. The van der Waals surface area contributed by atoms with Gasteiger partial charge in [-0.15, -0.1) is 0 Å². The molecule has 0 saturated carbocycles. The Bertz CT molecular complexity index is 444. The first-order valence-corrected chi connectivity index (χ1v) is 11.4. The Morgan fingerprint density at radius 1 is 0.440 bits per heavy atom. The number of aryl methyl sites for hydroxylation is 2. The van der Waals surface area contributed by atoms with Crippen LogP contribution in [0.25, 0.3) is 0 Å². The highest BCUT2D eigenvalue weighted by Gasteiger charge is 2.13. The summed E-state index contributed by atoms with van der Waals surface area (Å²) in [6.45, 7) is 9.28. The highest BCUT2D eigenvalue weighted by Crippen LogP contribution is 2.26. The molecule has 1 aromatic rings. The van der Waals surface area contributed by atoms with Crippen molar-refractivity contribution in [2.75, 3.05) is 0 Å². The molecule has 0 aliphatic carbocycles. The molecule has 144 valence electrons. The second-order valence-electron chi connectivity index (χ2n) is 7.82. The fourth-order valence-electron chi connectivity index (χ4n) is 3.87. The van der Waals surface area contributed by atoms with Gasteiger partial charge >= 0.3 is 0 Å². The molecule has 0 radical (unpaired) electrons. The van der Waals surface area contributed by atoms with Gasteiger partial charge < -0.3 is 0 Å². The van der Waals surface area contributed by atoms with Crippen molar-refractivity contribution in [3.63, 3.8) is 0 Å². The third-order valence-corrected chi connectivity index (χ3v) is 5.54. The first kappa shape index (κ1) is 22.3. The molecule has 0 N–H and O–H groups in total. The molecule has 1 aromatic carbocycles. The van der Waals surface area contributed by atoms with Crippen LogP contribution in [-0.4, -0.2) is 0 Å². The van der Waals surface area contributed by atoms with Crippen LogP contribution in [0.2, 0.25) is 0 Å². The van der Waals surface area contributed by atoms with E-state index in [-0.39, 0.29) is 0 Å². The monoisotopic (exact) mass is 344 g/mol. The van der Waals surface area contributed by atoms with Gasteiger partial charge in [0.1, 0.15) is 0 Å².